The van der Waals surface area contributed by atoms with E-state index in [0.29, 0.717) is 0 Å². The minimum Gasteiger partial charge on any atom is -0.500 e. The number of aryl methyl sites for hydroxylation is 1. The highest BCUT2D eigenvalue weighted by Crippen LogP contribution is 2.36. The van der Waals surface area contributed by atoms with Crippen molar-refractivity contribution >= 4 is 29.2 Å². The number of aromatic nitrogens is 2. The molecular formula is C13H12ClN5O5. The van der Waals surface area contributed by atoms with Gasteiger partial charge in [0.25, 0.3) is 5.56 Å². The predicted molar refractivity (Wildman–Crippen MR) is 87.0 cm³/mol. The predicted octanol–water partition coefficient (Wildman–Crippen LogP) is 1.50. The van der Waals surface area contributed by atoms with Crippen LogP contribution in [0.4, 0.5) is 11.4 Å². The van der Waals surface area contributed by atoms with Gasteiger partial charge in [0, 0.05) is 18.7 Å². The van der Waals surface area contributed by atoms with E-state index in [9.17, 15) is 20.0 Å². The van der Waals surface area contributed by atoms with E-state index in [-0.39, 0.29) is 22.0 Å². The van der Waals surface area contributed by atoms with E-state index in [0.717, 1.165) is 10.7 Å². The number of methoxy groups -OCH3 is 1. The molecule has 0 unspecified atom stereocenters. The molecule has 0 saturated carbocycles. The van der Waals surface area contributed by atoms with Crippen molar-refractivity contribution in [3.63, 3.8) is 0 Å². The van der Waals surface area contributed by atoms with Gasteiger partial charge in [0.1, 0.15) is 10.7 Å². The SMILES string of the molecule is COc1cc(/C=N\Nc2cnn(C)c(=O)c2Cl)cc([N+](=O)[O-])c1O. The van der Waals surface area contributed by atoms with Gasteiger partial charge in [-0.15, -0.1) is 0 Å². The molecule has 10 nitrogen and oxygen atoms in total. The lowest BCUT2D eigenvalue weighted by molar-refractivity contribution is -0.386. The Balaban J connectivity index is 2.30. The summed E-state index contributed by atoms with van der Waals surface area (Å²) in [6.07, 6.45) is 2.55. The van der Waals surface area contributed by atoms with Gasteiger partial charge >= 0.3 is 5.69 Å². The highest BCUT2D eigenvalue weighted by Gasteiger charge is 2.19. The number of phenols is 1. The number of nitrogens with zero attached hydrogens (tertiary/aromatic N) is 4. The number of hydrogen-bond donors (Lipinski definition) is 2. The van der Waals surface area contributed by atoms with Gasteiger partial charge in [-0.2, -0.15) is 10.2 Å². The van der Waals surface area contributed by atoms with Gasteiger partial charge in [-0.1, -0.05) is 11.6 Å². The molecule has 2 N–H and O–H groups in total. The van der Waals surface area contributed by atoms with Gasteiger partial charge in [-0.25, -0.2) is 4.68 Å². The maximum absolute atomic E-state index is 11.6. The van der Waals surface area contributed by atoms with Gasteiger partial charge < -0.3 is 9.84 Å². The van der Waals surface area contributed by atoms with Crippen molar-refractivity contribution < 1.29 is 14.8 Å². The van der Waals surface area contributed by atoms with E-state index >= 15 is 0 Å². The zero-order valence-electron chi connectivity index (χ0n) is 12.6. The number of phenolic OH excluding ortho intramolecular Hbond substituents is 1. The van der Waals surface area contributed by atoms with Crippen molar-refractivity contribution in [2.24, 2.45) is 12.1 Å². The summed E-state index contributed by atoms with van der Waals surface area (Å²) >= 11 is 5.86. The van der Waals surface area contributed by atoms with Crippen LogP contribution in [0.15, 0.2) is 28.2 Å². The number of hydrogen-bond acceptors (Lipinski definition) is 8. The number of rotatable bonds is 5. The number of ether oxygens (including phenoxy) is 1. The summed E-state index contributed by atoms with van der Waals surface area (Å²) in [4.78, 5) is 21.8. The molecule has 126 valence electrons. The summed E-state index contributed by atoms with van der Waals surface area (Å²) in [5.74, 6) is -0.648. The molecule has 1 aromatic heterocycles. The molecule has 24 heavy (non-hydrogen) atoms. The van der Waals surface area contributed by atoms with Crippen LogP contribution >= 0.6 is 11.6 Å². The standard InChI is InChI=1S/C13H12ClN5O5/c1-18-13(21)11(14)8(6-16-18)17-15-5-7-3-9(19(22)23)12(20)10(4-7)24-2/h3-6,17,20H,1-2H3/b15-5-. The average molecular weight is 354 g/mol. The third-order valence-electron chi connectivity index (χ3n) is 2.97. The Morgan fingerprint density at radius 1 is 1.54 bits per heavy atom. The highest BCUT2D eigenvalue weighted by molar-refractivity contribution is 6.32. The van der Waals surface area contributed by atoms with Crippen LogP contribution in [-0.4, -0.2) is 33.1 Å². The zero-order chi connectivity index (χ0) is 17.9. The molecule has 0 aliphatic rings. The van der Waals surface area contributed by atoms with Gasteiger partial charge in [0.15, 0.2) is 5.75 Å². The maximum Gasteiger partial charge on any atom is 0.315 e. The first kappa shape index (κ1) is 17.2. The molecule has 0 saturated heterocycles. The molecule has 0 aliphatic heterocycles. The normalized spacial score (nSPS) is 10.8. The largest absolute Gasteiger partial charge is 0.500 e. The number of benzene rings is 1. The summed E-state index contributed by atoms with van der Waals surface area (Å²) < 4.78 is 5.94. The lowest BCUT2D eigenvalue weighted by Gasteiger charge is -2.06. The first-order valence-corrected chi connectivity index (χ1v) is 6.79. The smallest absolute Gasteiger partial charge is 0.315 e. The number of anilines is 1. The van der Waals surface area contributed by atoms with Crippen LogP contribution in [0.25, 0.3) is 0 Å². The second kappa shape index (κ2) is 6.96. The number of hydrazone groups is 1. The van der Waals surface area contributed by atoms with Crippen LogP contribution in [0.1, 0.15) is 5.56 Å². The molecule has 2 aromatic rings. The number of nitrogens with one attached hydrogen (secondary N) is 1. The fraction of sp³-hybridized carbons (Fsp3) is 0.154. The van der Waals surface area contributed by atoms with Gasteiger partial charge in [-0.3, -0.25) is 20.3 Å². The molecule has 11 heteroatoms. The van der Waals surface area contributed by atoms with Crippen LogP contribution in [-0.2, 0) is 7.05 Å². The number of aromatic hydroxyl groups is 1. The fourth-order valence-electron chi connectivity index (χ4n) is 1.75. The second-order valence-electron chi connectivity index (χ2n) is 4.52. The van der Waals surface area contributed by atoms with Crippen LogP contribution in [0, 0.1) is 10.1 Å². The molecular weight excluding hydrogens is 342 g/mol. The van der Waals surface area contributed by atoms with Crippen molar-refractivity contribution in [3.05, 3.63) is 49.4 Å². The van der Waals surface area contributed by atoms with Crippen molar-refractivity contribution in [1.29, 1.82) is 0 Å². The molecule has 0 fully saturated rings. The fourth-order valence-corrected chi connectivity index (χ4v) is 1.96. The van der Waals surface area contributed by atoms with Crippen LogP contribution < -0.4 is 15.7 Å². The summed E-state index contributed by atoms with van der Waals surface area (Å²) in [6, 6.07) is 2.48. The van der Waals surface area contributed by atoms with E-state index in [1.165, 1.54) is 32.6 Å². The number of nitro benzene ring substituents is 1. The Labute approximate surface area is 140 Å². The van der Waals surface area contributed by atoms with E-state index in [4.69, 9.17) is 16.3 Å². The van der Waals surface area contributed by atoms with E-state index in [1.807, 2.05) is 0 Å². The summed E-state index contributed by atoms with van der Waals surface area (Å²) in [5, 5.41) is 28.1. The van der Waals surface area contributed by atoms with Crippen molar-refractivity contribution in [1.82, 2.24) is 9.78 Å². The Morgan fingerprint density at radius 3 is 2.88 bits per heavy atom. The van der Waals surface area contributed by atoms with E-state index in [1.54, 1.807) is 0 Å². The molecule has 0 amide bonds. The number of nitro groups is 1. The molecule has 1 aromatic carbocycles. The lowest BCUT2D eigenvalue weighted by Crippen LogP contribution is -2.20. The molecule has 0 radical (unpaired) electrons. The molecule has 0 spiro atoms. The average Bonchev–Trinajstić information content (AvgIpc) is 2.55. The van der Waals surface area contributed by atoms with E-state index < -0.39 is 21.9 Å². The van der Waals surface area contributed by atoms with E-state index in [2.05, 4.69) is 15.6 Å². The third kappa shape index (κ3) is 3.43. The minimum absolute atomic E-state index is 0.0704. The van der Waals surface area contributed by atoms with Crippen molar-refractivity contribution in [2.75, 3.05) is 12.5 Å². The quantitative estimate of drug-likeness (QED) is 0.473. The molecule has 1 heterocycles. The Kier molecular flexibility index (Phi) is 4.99. The van der Waals surface area contributed by atoms with Crippen molar-refractivity contribution in [2.45, 2.75) is 0 Å². The Morgan fingerprint density at radius 2 is 2.25 bits per heavy atom. The Bertz CT molecular complexity index is 880. The zero-order valence-corrected chi connectivity index (χ0v) is 13.3. The summed E-state index contributed by atoms with van der Waals surface area (Å²) in [7, 11) is 2.71. The second-order valence-corrected chi connectivity index (χ2v) is 4.90. The molecule has 2 rings (SSSR count). The number of halogens is 1. The molecule has 0 bridgehead atoms. The van der Waals surface area contributed by atoms with Crippen LogP contribution in [0.3, 0.4) is 0 Å². The molecule has 0 aliphatic carbocycles. The highest BCUT2D eigenvalue weighted by atomic mass is 35.5. The molecule has 0 atom stereocenters. The first-order valence-electron chi connectivity index (χ1n) is 6.41. The van der Waals surface area contributed by atoms with Gasteiger partial charge in [-0.05, 0) is 6.07 Å². The van der Waals surface area contributed by atoms with Crippen molar-refractivity contribution in [3.8, 4) is 11.5 Å². The summed E-state index contributed by atoms with van der Waals surface area (Å²) in [6.45, 7) is 0. The van der Waals surface area contributed by atoms with Crippen LogP contribution in [0.5, 0.6) is 11.5 Å². The lowest BCUT2D eigenvalue weighted by atomic mass is 10.2. The first-order chi connectivity index (χ1) is 11.3. The topological polar surface area (TPSA) is 132 Å². The Hall–Kier alpha value is -3.14. The van der Waals surface area contributed by atoms with Crippen LogP contribution in [0.2, 0.25) is 5.02 Å². The summed E-state index contributed by atoms with van der Waals surface area (Å²) in [5.41, 5.74) is 1.96. The van der Waals surface area contributed by atoms with Gasteiger partial charge in [0.2, 0.25) is 5.75 Å². The minimum atomic E-state index is -0.746. The monoisotopic (exact) mass is 353 g/mol. The van der Waals surface area contributed by atoms with Gasteiger partial charge in [0.05, 0.1) is 24.4 Å². The third-order valence-corrected chi connectivity index (χ3v) is 3.34. The maximum atomic E-state index is 11.6.